The van der Waals surface area contributed by atoms with E-state index >= 15 is 0 Å². The molecule has 1 unspecified atom stereocenters. The first kappa shape index (κ1) is 26.3. The van der Waals surface area contributed by atoms with Gasteiger partial charge in [-0.15, -0.1) is 0 Å². The van der Waals surface area contributed by atoms with Crippen LogP contribution < -0.4 is 0 Å². The molecule has 4 aliphatic carbocycles. The molecule has 33 heavy (non-hydrogen) atoms. The van der Waals surface area contributed by atoms with Gasteiger partial charge < -0.3 is 0 Å². The third-order valence-electron chi connectivity index (χ3n) is 11.3. The van der Waals surface area contributed by atoms with Crippen LogP contribution in [0.3, 0.4) is 0 Å². The van der Waals surface area contributed by atoms with Crippen LogP contribution in [-0.4, -0.2) is 25.6 Å². The van der Waals surface area contributed by atoms with E-state index in [1.54, 1.807) is 5.57 Å². The molecule has 0 radical (unpaired) electrons. The number of allylic oxidation sites excluding steroid dienone is 1. The van der Waals surface area contributed by atoms with Gasteiger partial charge in [-0.25, -0.2) is 0 Å². The van der Waals surface area contributed by atoms with Crippen LogP contribution in [0, 0.1) is 46.3 Å². The Morgan fingerprint density at radius 1 is 1.00 bits per heavy atom. The van der Waals surface area contributed by atoms with Crippen LogP contribution in [0.15, 0.2) is 11.6 Å². The van der Waals surface area contributed by atoms with Crippen molar-refractivity contribution < 1.29 is 5.11 Å². The number of rotatable bonds is 9. The predicted molar refractivity (Wildman–Crippen MR) is 144 cm³/mol. The van der Waals surface area contributed by atoms with Gasteiger partial charge in [0.1, 0.15) is 0 Å². The molecule has 0 aromatic rings. The Kier molecular flexibility index (Phi) is 8.20. The maximum atomic E-state index is 10.9. The Balaban J connectivity index is 1.54. The van der Waals surface area contributed by atoms with Gasteiger partial charge in [0.25, 0.3) is 0 Å². The van der Waals surface area contributed by atoms with E-state index in [1.165, 1.54) is 83.5 Å². The van der Waals surface area contributed by atoms with E-state index in [4.69, 9.17) is 0 Å². The van der Waals surface area contributed by atoms with Crippen molar-refractivity contribution in [2.45, 2.75) is 135 Å². The van der Waals surface area contributed by atoms with Crippen LogP contribution in [-0.2, 0) is 0 Å². The van der Waals surface area contributed by atoms with Gasteiger partial charge in [-0.3, -0.25) is 0 Å². The van der Waals surface area contributed by atoms with E-state index in [0.717, 1.165) is 48.3 Å². The van der Waals surface area contributed by atoms with Crippen molar-refractivity contribution in [3.8, 4) is 0 Å². The fraction of sp³-hybridized carbons (Fsp3) is 0.935. The SMILES string of the molecule is CCCCC[C@]12CCC(O)([SeH])CC1=CC[C@@H]1[C@@H]2CC[C@]2(C)[C@@H]([C@H](C)CCCC(C)C)CC[C@@H]12. The quantitative estimate of drug-likeness (QED) is 0.184. The molecule has 0 aromatic heterocycles. The van der Waals surface area contributed by atoms with Crippen LogP contribution in [0.5, 0.6) is 0 Å². The molecule has 1 N–H and O–H groups in total. The number of unbranched alkanes of at least 4 members (excludes halogenated alkanes) is 2. The van der Waals surface area contributed by atoms with Gasteiger partial charge in [-0.2, -0.15) is 0 Å². The van der Waals surface area contributed by atoms with E-state index in [-0.39, 0.29) is 0 Å². The maximum absolute atomic E-state index is 10.9. The first-order valence-electron chi connectivity index (χ1n) is 14.8. The molecule has 0 heterocycles. The molecule has 0 spiro atoms. The summed E-state index contributed by atoms with van der Waals surface area (Å²) in [5.41, 5.74) is 2.65. The first-order valence-corrected chi connectivity index (χ1v) is 15.7. The van der Waals surface area contributed by atoms with Crippen LogP contribution in [0.4, 0.5) is 0 Å². The second-order valence-electron chi connectivity index (χ2n) is 13.6. The average molecular weight is 522 g/mol. The fourth-order valence-electron chi connectivity index (χ4n) is 9.62. The van der Waals surface area contributed by atoms with Crippen LogP contribution in [0.25, 0.3) is 0 Å². The second-order valence-corrected chi connectivity index (χ2v) is 15.4. The third-order valence-corrected chi connectivity index (χ3v) is 12.1. The van der Waals surface area contributed by atoms with Crippen molar-refractivity contribution in [1.82, 2.24) is 0 Å². The summed E-state index contributed by atoms with van der Waals surface area (Å²) in [4.78, 5) is 0. The summed E-state index contributed by atoms with van der Waals surface area (Å²) >= 11 is 2.62. The van der Waals surface area contributed by atoms with Crippen molar-refractivity contribution in [3.05, 3.63) is 11.6 Å². The van der Waals surface area contributed by atoms with Gasteiger partial charge in [0, 0.05) is 0 Å². The van der Waals surface area contributed by atoms with Crippen molar-refractivity contribution in [3.63, 3.8) is 0 Å². The molecular weight excluding hydrogens is 467 g/mol. The summed E-state index contributed by atoms with van der Waals surface area (Å²) in [5, 5.41) is 10.9. The minimum absolute atomic E-state index is 0.409. The van der Waals surface area contributed by atoms with Crippen molar-refractivity contribution in [1.29, 1.82) is 0 Å². The molecule has 2 heteroatoms. The Morgan fingerprint density at radius 3 is 2.52 bits per heavy atom. The first-order chi connectivity index (χ1) is 15.6. The van der Waals surface area contributed by atoms with Gasteiger partial charge in [0.15, 0.2) is 0 Å². The van der Waals surface area contributed by atoms with E-state index in [1.807, 2.05) is 0 Å². The summed E-state index contributed by atoms with van der Waals surface area (Å²) in [7, 11) is 0. The number of aliphatic hydroxyl groups is 1. The summed E-state index contributed by atoms with van der Waals surface area (Å²) in [5.74, 6) is 5.41. The Labute approximate surface area is 214 Å². The Morgan fingerprint density at radius 2 is 1.79 bits per heavy atom. The van der Waals surface area contributed by atoms with Crippen LogP contribution in [0.2, 0.25) is 0 Å². The van der Waals surface area contributed by atoms with Crippen molar-refractivity contribution in [2.75, 3.05) is 0 Å². The number of hydrogen-bond donors (Lipinski definition) is 1. The molecule has 4 rings (SSSR count). The fourth-order valence-corrected chi connectivity index (χ4v) is 10.2. The van der Waals surface area contributed by atoms with Crippen molar-refractivity contribution in [2.24, 2.45) is 46.3 Å². The molecule has 3 saturated carbocycles. The van der Waals surface area contributed by atoms with E-state index < -0.39 is 4.50 Å². The zero-order valence-electron chi connectivity index (χ0n) is 22.5. The van der Waals surface area contributed by atoms with Gasteiger partial charge in [0.05, 0.1) is 0 Å². The molecule has 8 atom stereocenters. The summed E-state index contributed by atoms with van der Waals surface area (Å²) in [6.07, 6.45) is 22.7. The molecule has 0 bridgehead atoms. The standard InChI is InChI=1S/C31H54OSe/c1-6-7-8-17-30-19-20-31(32,33)21-24(30)12-13-25-27-15-14-26(23(4)11-9-10-22(2)3)29(27,5)18-16-28(25)30/h12,22-23,25-28,32-33H,6-11,13-21H2,1-5H3/t23-,25+,26-,27+,28+,29-,30+,31?/m1/s1. The van der Waals surface area contributed by atoms with Crippen molar-refractivity contribution >= 4 is 16.0 Å². The van der Waals surface area contributed by atoms with Gasteiger partial charge >= 0.3 is 188 Å². The number of hydrogen-bond acceptors (Lipinski definition) is 1. The second kappa shape index (κ2) is 10.3. The van der Waals surface area contributed by atoms with E-state index in [2.05, 4.69) is 56.7 Å². The molecule has 4 aliphatic rings. The molecule has 1 nitrogen and oxygen atoms in total. The third kappa shape index (κ3) is 5.06. The van der Waals surface area contributed by atoms with Gasteiger partial charge in [-0.1, -0.05) is 20.3 Å². The van der Waals surface area contributed by atoms with Crippen LogP contribution >= 0.6 is 0 Å². The molecule has 0 amide bonds. The van der Waals surface area contributed by atoms with E-state index in [0.29, 0.717) is 10.8 Å². The van der Waals surface area contributed by atoms with Crippen LogP contribution in [0.1, 0.15) is 131 Å². The molecule has 0 saturated heterocycles. The van der Waals surface area contributed by atoms with E-state index in [9.17, 15) is 5.11 Å². The molecule has 190 valence electrons. The normalized spacial score (nSPS) is 43.6. The van der Waals surface area contributed by atoms with Gasteiger partial charge in [0.2, 0.25) is 0 Å². The molecule has 0 aromatic carbocycles. The topological polar surface area (TPSA) is 20.2 Å². The molecule has 0 aliphatic heterocycles. The van der Waals surface area contributed by atoms with Gasteiger partial charge in [-0.05, 0) is 5.92 Å². The minimum atomic E-state index is -0.535. The zero-order valence-corrected chi connectivity index (χ0v) is 24.4. The Bertz CT molecular complexity index is 695. The average Bonchev–Trinajstić information content (AvgIpc) is 3.11. The summed E-state index contributed by atoms with van der Waals surface area (Å²) in [6, 6.07) is 0. The zero-order chi connectivity index (χ0) is 23.9. The summed E-state index contributed by atoms with van der Waals surface area (Å²) < 4.78 is -0.535. The number of fused-ring (bicyclic) bond motifs is 5. The summed E-state index contributed by atoms with van der Waals surface area (Å²) in [6.45, 7) is 12.4. The molecular formula is C31H54OSe. The Hall–Kier alpha value is 0.219. The monoisotopic (exact) mass is 522 g/mol. The molecule has 3 fully saturated rings. The predicted octanol–water partition coefficient (Wildman–Crippen LogP) is 8.18.